The molecule has 3 aromatic heterocycles. The van der Waals surface area contributed by atoms with Crippen molar-refractivity contribution in [1.82, 2.24) is 15.3 Å². The molecule has 0 saturated carbocycles. The predicted molar refractivity (Wildman–Crippen MR) is 116 cm³/mol. The Bertz CT molecular complexity index is 1190. The van der Waals surface area contributed by atoms with Crippen LogP contribution in [0.1, 0.15) is 37.0 Å². The molecular formula is C21H20F2N4S2. The van der Waals surface area contributed by atoms with E-state index in [-0.39, 0.29) is 11.2 Å². The molecule has 4 nitrogen and oxygen atoms in total. The molecule has 1 aliphatic rings. The Morgan fingerprint density at radius 2 is 2.10 bits per heavy atom. The lowest BCUT2D eigenvalue weighted by Gasteiger charge is -2.20. The van der Waals surface area contributed by atoms with E-state index in [0.717, 1.165) is 23.2 Å². The van der Waals surface area contributed by atoms with E-state index >= 15 is 0 Å². The van der Waals surface area contributed by atoms with Gasteiger partial charge in [-0.15, -0.1) is 22.7 Å². The van der Waals surface area contributed by atoms with Gasteiger partial charge in [0.05, 0.1) is 15.9 Å². The Kier molecular flexibility index (Phi) is 4.93. The quantitative estimate of drug-likeness (QED) is 0.408. The lowest BCUT2D eigenvalue weighted by molar-refractivity contribution is 0.488. The molecule has 5 rings (SSSR count). The fourth-order valence-electron chi connectivity index (χ4n) is 4.03. The smallest absolute Gasteiger partial charge is 0.176 e. The Balaban J connectivity index is 1.55. The minimum atomic E-state index is -0.664. The van der Waals surface area contributed by atoms with Crippen molar-refractivity contribution in [3.63, 3.8) is 0 Å². The summed E-state index contributed by atoms with van der Waals surface area (Å²) in [5, 5.41) is 7.45. The van der Waals surface area contributed by atoms with Crippen molar-refractivity contribution >= 4 is 54.5 Å². The molecule has 4 heterocycles. The first-order valence-corrected chi connectivity index (χ1v) is 11.4. The van der Waals surface area contributed by atoms with Crippen LogP contribution < -0.4 is 10.6 Å². The maximum atomic E-state index is 14.9. The van der Waals surface area contributed by atoms with Gasteiger partial charge >= 0.3 is 0 Å². The normalized spacial score (nSPS) is 20.2. The molecule has 0 unspecified atom stereocenters. The first-order valence-electron chi connectivity index (χ1n) is 9.72. The fraction of sp³-hybridized carbons (Fsp3) is 0.333. The molecule has 0 aliphatic carbocycles. The number of rotatable bonds is 3. The first-order chi connectivity index (χ1) is 14.1. The van der Waals surface area contributed by atoms with Gasteiger partial charge in [0.25, 0.3) is 0 Å². The van der Waals surface area contributed by atoms with E-state index < -0.39 is 11.6 Å². The van der Waals surface area contributed by atoms with Crippen LogP contribution in [0.3, 0.4) is 0 Å². The molecule has 0 amide bonds. The van der Waals surface area contributed by atoms with Crippen molar-refractivity contribution in [3.8, 4) is 0 Å². The summed E-state index contributed by atoms with van der Waals surface area (Å²) in [4.78, 5) is 10.7. The van der Waals surface area contributed by atoms with Gasteiger partial charge in [-0.2, -0.15) is 0 Å². The number of anilines is 2. The number of hydrogen-bond donors (Lipinski definition) is 2. The maximum Gasteiger partial charge on any atom is 0.176 e. The van der Waals surface area contributed by atoms with Crippen LogP contribution in [-0.4, -0.2) is 22.6 Å². The number of nitrogens with zero attached hydrogens (tertiary/aromatic N) is 2. The van der Waals surface area contributed by atoms with Gasteiger partial charge in [-0.3, -0.25) is 0 Å². The molecule has 2 N–H and O–H groups in total. The number of hydrogen-bond acceptors (Lipinski definition) is 6. The third kappa shape index (κ3) is 3.39. The largest absolute Gasteiger partial charge is 0.350 e. The Labute approximate surface area is 175 Å². The zero-order chi connectivity index (χ0) is 20.0. The zero-order valence-electron chi connectivity index (χ0n) is 15.8. The van der Waals surface area contributed by atoms with Crippen molar-refractivity contribution in [1.29, 1.82) is 0 Å². The van der Waals surface area contributed by atoms with Crippen LogP contribution in [0, 0.1) is 11.6 Å². The topological polar surface area (TPSA) is 49.8 Å². The fourth-order valence-corrected chi connectivity index (χ4v) is 5.99. The molecule has 1 fully saturated rings. The summed E-state index contributed by atoms with van der Waals surface area (Å²) < 4.78 is 30.0. The third-order valence-electron chi connectivity index (χ3n) is 5.61. The van der Waals surface area contributed by atoms with Gasteiger partial charge in [0, 0.05) is 28.4 Å². The Morgan fingerprint density at radius 1 is 1.21 bits per heavy atom. The molecule has 0 bridgehead atoms. The molecule has 0 spiro atoms. The van der Waals surface area contributed by atoms with Crippen LogP contribution in [-0.2, 0) is 0 Å². The van der Waals surface area contributed by atoms with Gasteiger partial charge in [-0.05, 0) is 44.5 Å². The summed E-state index contributed by atoms with van der Waals surface area (Å²) in [6.07, 6.45) is 5.19. The van der Waals surface area contributed by atoms with E-state index in [2.05, 4.69) is 33.6 Å². The van der Waals surface area contributed by atoms with Crippen molar-refractivity contribution in [2.24, 2.45) is 0 Å². The Hall–Kier alpha value is -2.16. The zero-order valence-corrected chi connectivity index (χ0v) is 17.5. The summed E-state index contributed by atoms with van der Waals surface area (Å²) in [6.45, 7) is 3.27. The molecular weight excluding hydrogens is 410 g/mol. The van der Waals surface area contributed by atoms with E-state index in [1.165, 1.54) is 40.6 Å². The SMILES string of the molecule is C[C@H]1NCCCC[C@@H]1c1cc2c(Nc3c(F)cc4scnc4c3F)ccnc2s1. The van der Waals surface area contributed by atoms with E-state index in [4.69, 9.17) is 0 Å². The first kappa shape index (κ1) is 18.8. The van der Waals surface area contributed by atoms with Crippen molar-refractivity contribution in [3.05, 3.63) is 46.4 Å². The number of aromatic nitrogens is 2. The lowest BCUT2D eigenvalue weighted by atomic mass is 9.94. The molecule has 29 heavy (non-hydrogen) atoms. The number of halogens is 2. The predicted octanol–water partition coefficient (Wildman–Crippen LogP) is 6.17. The van der Waals surface area contributed by atoms with Gasteiger partial charge in [0.15, 0.2) is 11.6 Å². The van der Waals surface area contributed by atoms with Crippen LogP contribution in [0.5, 0.6) is 0 Å². The minimum Gasteiger partial charge on any atom is -0.350 e. The van der Waals surface area contributed by atoms with E-state index in [1.54, 1.807) is 23.6 Å². The number of fused-ring (bicyclic) bond motifs is 2. The highest BCUT2D eigenvalue weighted by Gasteiger charge is 2.24. The average Bonchev–Trinajstić information content (AvgIpc) is 3.29. The van der Waals surface area contributed by atoms with Gasteiger partial charge in [-0.1, -0.05) is 6.42 Å². The van der Waals surface area contributed by atoms with Gasteiger partial charge in [0.2, 0.25) is 0 Å². The van der Waals surface area contributed by atoms with Gasteiger partial charge in [0.1, 0.15) is 16.0 Å². The van der Waals surface area contributed by atoms with Crippen LogP contribution >= 0.6 is 22.7 Å². The molecule has 4 aromatic rings. The van der Waals surface area contributed by atoms with Crippen LogP contribution in [0.4, 0.5) is 20.2 Å². The second kappa shape index (κ2) is 7.59. The lowest BCUT2D eigenvalue weighted by Crippen LogP contribution is -2.30. The highest BCUT2D eigenvalue weighted by Crippen LogP contribution is 2.39. The number of benzene rings is 1. The minimum absolute atomic E-state index is 0.173. The van der Waals surface area contributed by atoms with E-state index in [9.17, 15) is 8.78 Å². The second-order valence-corrected chi connectivity index (χ2v) is 9.39. The summed E-state index contributed by atoms with van der Waals surface area (Å²) in [6, 6.07) is 5.61. The van der Waals surface area contributed by atoms with Gasteiger partial charge in [-0.25, -0.2) is 18.7 Å². The van der Waals surface area contributed by atoms with E-state index in [0.29, 0.717) is 22.3 Å². The third-order valence-corrected chi connectivity index (χ3v) is 7.56. The molecule has 1 saturated heterocycles. The van der Waals surface area contributed by atoms with Crippen LogP contribution in [0.15, 0.2) is 29.9 Å². The summed E-state index contributed by atoms with van der Waals surface area (Å²) in [7, 11) is 0. The Morgan fingerprint density at radius 3 is 3.00 bits per heavy atom. The van der Waals surface area contributed by atoms with Crippen molar-refractivity contribution in [2.45, 2.75) is 38.1 Å². The number of thiophene rings is 1. The summed E-state index contributed by atoms with van der Waals surface area (Å²) >= 11 is 2.89. The van der Waals surface area contributed by atoms with Crippen LogP contribution in [0.25, 0.3) is 20.4 Å². The molecule has 1 aromatic carbocycles. The summed E-state index contributed by atoms with van der Waals surface area (Å²) in [5.74, 6) is -0.867. The summed E-state index contributed by atoms with van der Waals surface area (Å²) in [5.41, 5.74) is 2.19. The van der Waals surface area contributed by atoms with Gasteiger partial charge < -0.3 is 10.6 Å². The highest BCUT2D eigenvalue weighted by atomic mass is 32.1. The highest BCUT2D eigenvalue weighted by molar-refractivity contribution is 7.18. The van der Waals surface area contributed by atoms with Crippen molar-refractivity contribution < 1.29 is 8.78 Å². The molecule has 1 aliphatic heterocycles. The van der Waals surface area contributed by atoms with Crippen molar-refractivity contribution in [2.75, 3.05) is 11.9 Å². The number of thiazole rings is 1. The molecule has 8 heteroatoms. The average molecular weight is 431 g/mol. The monoisotopic (exact) mass is 430 g/mol. The second-order valence-electron chi connectivity index (χ2n) is 7.44. The maximum absolute atomic E-state index is 14.9. The molecule has 0 radical (unpaired) electrons. The van der Waals surface area contributed by atoms with Crippen LogP contribution in [0.2, 0.25) is 0 Å². The standard InChI is InChI=1S/C21H20F2N4S2/c1-11-12(4-2-3-6-24-11)16-8-13-15(5-7-25-21(13)29-16)27-19-14(22)9-17-20(18(19)23)26-10-28-17/h5,7-12,24H,2-4,6H2,1H3,(H,25,27)/t11-,12+/m1/s1. The molecule has 150 valence electrons. The van der Waals surface area contributed by atoms with E-state index in [1.807, 2.05) is 0 Å². The molecule has 2 atom stereocenters. The number of nitrogens with one attached hydrogen (secondary N) is 2. The number of pyridine rings is 1.